The van der Waals surface area contributed by atoms with Crippen LogP contribution in [0.15, 0.2) is 30.3 Å². The third-order valence-corrected chi connectivity index (χ3v) is 3.37. The summed E-state index contributed by atoms with van der Waals surface area (Å²) in [4.78, 5) is 17.8. The molecule has 0 spiro atoms. The van der Waals surface area contributed by atoms with Crippen molar-refractivity contribution in [3.63, 3.8) is 0 Å². The van der Waals surface area contributed by atoms with Crippen LogP contribution in [0.2, 0.25) is 0 Å². The highest BCUT2D eigenvalue weighted by Crippen LogP contribution is 2.20. The van der Waals surface area contributed by atoms with Crippen molar-refractivity contribution in [2.75, 3.05) is 38.6 Å². The maximum absolute atomic E-state index is 11.9. The Bertz CT molecular complexity index is 405. The smallest absolute Gasteiger partial charge is 0.319 e. The number of amides is 2. The molecule has 2 amide bonds. The van der Waals surface area contributed by atoms with Crippen molar-refractivity contribution in [3.8, 4) is 0 Å². The van der Waals surface area contributed by atoms with Crippen molar-refractivity contribution >= 4 is 11.7 Å². The summed E-state index contributed by atoms with van der Waals surface area (Å²) >= 11 is 0. The van der Waals surface area contributed by atoms with Gasteiger partial charge in [0.2, 0.25) is 0 Å². The van der Waals surface area contributed by atoms with E-state index >= 15 is 0 Å². The predicted molar refractivity (Wildman–Crippen MR) is 73.9 cm³/mol. The van der Waals surface area contributed by atoms with E-state index in [9.17, 15) is 4.79 Å². The summed E-state index contributed by atoms with van der Waals surface area (Å²) in [5.74, 6) is 0. The molecule has 0 aliphatic carbocycles. The zero-order valence-electron chi connectivity index (χ0n) is 11.3. The summed E-state index contributed by atoms with van der Waals surface area (Å²) < 4.78 is 0. The first-order chi connectivity index (χ1) is 8.59. The summed E-state index contributed by atoms with van der Waals surface area (Å²) in [5.41, 5.74) is 1.24. The Kier molecular flexibility index (Phi) is 3.75. The molecule has 1 fully saturated rings. The number of nitrogens with zero attached hydrogens (tertiary/aromatic N) is 3. The van der Waals surface area contributed by atoms with Gasteiger partial charge in [0, 0.05) is 45.5 Å². The Morgan fingerprint density at radius 1 is 1.22 bits per heavy atom. The second-order valence-electron chi connectivity index (χ2n) is 5.00. The van der Waals surface area contributed by atoms with Crippen LogP contribution in [0, 0.1) is 0 Å². The number of urea groups is 1. The number of para-hydroxylation sites is 1. The fourth-order valence-corrected chi connectivity index (χ4v) is 2.42. The molecule has 1 heterocycles. The largest absolute Gasteiger partial charge is 0.365 e. The van der Waals surface area contributed by atoms with Crippen molar-refractivity contribution in [2.45, 2.75) is 13.0 Å². The van der Waals surface area contributed by atoms with Crippen LogP contribution in [0.4, 0.5) is 10.5 Å². The van der Waals surface area contributed by atoms with E-state index in [1.54, 1.807) is 19.0 Å². The quantitative estimate of drug-likeness (QED) is 0.757. The minimum atomic E-state index is 0.106. The van der Waals surface area contributed by atoms with Crippen LogP contribution in [0.1, 0.15) is 6.92 Å². The normalized spacial score (nSPS) is 19.8. The number of carbonyl (C=O) groups excluding carboxylic acids is 1. The molecule has 0 radical (unpaired) electrons. The van der Waals surface area contributed by atoms with Crippen LogP contribution in [0.3, 0.4) is 0 Å². The SMILES string of the molecule is CC1CN(C(=O)N(C)C)CCN1c1ccccc1. The lowest BCUT2D eigenvalue weighted by atomic mass is 10.1. The number of carbonyl (C=O) groups is 1. The van der Waals surface area contributed by atoms with Crippen LogP contribution in [-0.2, 0) is 0 Å². The van der Waals surface area contributed by atoms with E-state index in [0.29, 0.717) is 6.04 Å². The maximum atomic E-state index is 11.9. The molecule has 98 valence electrons. The van der Waals surface area contributed by atoms with Crippen LogP contribution in [-0.4, -0.2) is 55.6 Å². The molecule has 18 heavy (non-hydrogen) atoms. The first kappa shape index (κ1) is 12.7. The van der Waals surface area contributed by atoms with E-state index in [0.717, 1.165) is 19.6 Å². The minimum Gasteiger partial charge on any atom is -0.365 e. The van der Waals surface area contributed by atoms with Crippen molar-refractivity contribution in [2.24, 2.45) is 0 Å². The fraction of sp³-hybridized carbons (Fsp3) is 0.500. The molecular formula is C14H21N3O. The van der Waals surface area contributed by atoms with E-state index in [1.165, 1.54) is 5.69 Å². The van der Waals surface area contributed by atoms with E-state index in [2.05, 4.69) is 36.1 Å². The lowest BCUT2D eigenvalue weighted by Gasteiger charge is -2.41. The van der Waals surface area contributed by atoms with Gasteiger partial charge in [-0.15, -0.1) is 0 Å². The van der Waals surface area contributed by atoms with Crippen molar-refractivity contribution in [1.82, 2.24) is 9.80 Å². The number of anilines is 1. The monoisotopic (exact) mass is 247 g/mol. The molecule has 0 aromatic heterocycles. The maximum Gasteiger partial charge on any atom is 0.319 e. The molecule has 1 aliphatic heterocycles. The van der Waals surface area contributed by atoms with Gasteiger partial charge in [-0.1, -0.05) is 18.2 Å². The highest BCUT2D eigenvalue weighted by Gasteiger charge is 2.27. The average Bonchev–Trinajstić information content (AvgIpc) is 2.38. The number of benzene rings is 1. The molecular weight excluding hydrogens is 226 g/mol. The second kappa shape index (κ2) is 5.29. The van der Waals surface area contributed by atoms with E-state index in [1.807, 2.05) is 11.0 Å². The summed E-state index contributed by atoms with van der Waals surface area (Å²) in [6.45, 7) is 4.63. The van der Waals surface area contributed by atoms with Crippen LogP contribution < -0.4 is 4.90 Å². The molecule has 0 saturated carbocycles. The highest BCUT2D eigenvalue weighted by atomic mass is 16.2. The molecule has 1 atom stereocenters. The molecule has 1 aliphatic rings. The summed E-state index contributed by atoms with van der Waals surface area (Å²) in [7, 11) is 3.60. The molecule has 4 nitrogen and oxygen atoms in total. The highest BCUT2D eigenvalue weighted by molar-refractivity contribution is 5.74. The first-order valence-corrected chi connectivity index (χ1v) is 6.37. The van der Waals surface area contributed by atoms with E-state index < -0.39 is 0 Å². The van der Waals surface area contributed by atoms with Gasteiger partial charge in [-0.25, -0.2) is 4.79 Å². The topological polar surface area (TPSA) is 26.8 Å². The molecule has 1 aromatic rings. The molecule has 1 saturated heterocycles. The van der Waals surface area contributed by atoms with E-state index in [-0.39, 0.29) is 6.03 Å². The summed E-state index contributed by atoms with van der Waals surface area (Å²) in [5, 5.41) is 0. The Morgan fingerprint density at radius 2 is 1.89 bits per heavy atom. The number of hydrogen-bond donors (Lipinski definition) is 0. The van der Waals surface area contributed by atoms with Crippen LogP contribution in [0.5, 0.6) is 0 Å². The van der Waals surface area contributed by atoms with Gasteiger partial charge >= 0.3 is 6.03 Å². The Hall–Kier alpha value is -1.71. The zero-order valence-corrected chi connectivity index (χ0v) is 11.3. The molecule has 4 heteroatoms. The Morgan fingerprint density at radius 3 is 2.44 bits per heavy atom. The van der Waals surface area contributed by atoms with Gasteiger partial charge in [0.15, 0.2) is 0 Å². The molecule has 1 unspecified atom stereocenters. The third kappa shape index (κ3) is 2.58. The van der Waals surface area contributed by atoms with Crippen molar-refractivity contribution < 1.29 is 4.79 Å². The fourth-order valence-electron chi connectivity index (χ4n) is 2.42. The van der Waals surface area contributed by atoms with Gasteiger partial charge < -0.3 is 14.7 Å². The summed E-state index contributed by atoms with van der Waals surface area (Å²) in [6.07, 6.45) is 0. The zero-order chi connectivity index (χ0) is 13.1. The number of piperazine rings is 1. The van der Waals surface area contributed by atoms with Gasteiger partial charge in [-0.2, -0.15) is 0 Å². The first-order valence-electron chi connectivity index (χ1n) is 6.37. The van der Waals surface area contributed by atoms with Crippen LogP contribution >= 0.6 is 0 Å². The molecule has 0 N–H and O–H groups in total. The lowest BCUT2D eigenvalue weighted by molar-refractivity contribution is 0.161. The van der Waals surface area contributed by atoms with Gasteiger partial charge in [-0.3, -0.25) is 0 Å². The van der Waals surface area contributed by atoms with Crippen molar-refractivity contribution in [3.05, 3.63) is 30.3 Å². The van der Waals surface area contributed by atoms with Gasteiger partial charge in [0.05, 0.1) is 0 Å². The lowest BCUT2D eigenvalue weighted by Crippen LogP contribution is -2.55. The average molecular weight is 247 g/mol. The molecule has 0 bridgehead atoms. The Labute approximate surface area is 109 Å². The predicted octanol–water partition coefficient (Wildman–Crippen LogP) is 1.88. The minimum absolute atomic E-state index is 0.106. The van der Waals surface area contributed by atoms with Gasteiger partial charge in [-0.05, 0) is 19.1 Å². The van der Waals surface area contributed by atoms with Gasteiger partial charge in [0.1, 0.15) is 0 Å². The second-order valence-corrected chi connectivity index (χ2v) is 5.00. The Balaban J connectivity index is 2.03. The molecule has 1 aromatic carbocycles. The third-order valence-electron chi connectivity index (χ3n) is 3.37. The number of hydrogen-bond acceptors (Lipinski definition) is 2. The molecule has 2 rings (SSSR count). The van der Waals surface area contributed by atoms with Crippen LogP contribution in [0.25, 0.3) is 0 Å². The standard InChI is InChI=1S/C14H21N3O/c1-12-11-16(14(18)15(2)3)9-10-17(12)13-7-5-4-6-8-13/h4-8,12H,9-11H2,1-3H3. The summed E-state index contributed by atoms with van der Waals surface area (Å²) in [6, 6.07) is 10.8. The number of rotatable bonds is 1. The van der Waals surface area contributed by atoms with Crippen molar-refractivity contribution in [1.29, 1.82) is 0 Å². The van der Waals surface area contributed by atoms with E-state index in [4.69, 9.17) is 0 Å². The van der Waals surface area contributed by atoms with Gasteiger partial charge in [0.25, 0.3) is 0 Å².